The molecule has 1 rings (SSSR count). The van der Waals surface area contributed by atoms with E-state index in [0.717, 1.165) is 11.8 Å². The molecule has 84 valence electrons. The van der Waals surface area contributed by atoms with Crippen molar-refractivity contribution < 1.29 is 13.5 Å². The van der Waals surface area contributed by atoms with Gasteiger partial charge >= 0.3 is 0 Å². The van der Waals surface area contributed by atoms with Gasteiger partial charge in [-0.1, -0.05) is 46.9 Å². The zero-order valence-corrected chi connectivity index (χ0v) is 11.5. The van der Waals surface area contributed by atoms with Gasteiger partial charge in [-0.15, -0.1) is 0 Å². The lowest BCUT2D eigenvalue weighted by Gasteiger charge is -2.17. The minimum atomic E-state index is -3.23. The summed E-state index contributed by atoms with van der Waals surface area (Å²) < 4.78 is 21.8. The van der Waals surface area contributed by atoms with Crippen molar-refractivity contribution in [2.24, 2.45) is 0 Å². The number of benzene rings is 1. The molecule has 1 aromatic rings. The Hall–Kier alpha value is -0.140. The maximum absolute atomic E-state index is 11.3. The van der Waals surface area contributed by atoms with Crippen LogP contribution in [0.3, 0.4) is 0 Å². The Morgan fingerprint density at radius 3 is 2.33 bits per heavy atom. The first-order chi connectivity index (χ1) is 6.84. The lowest BCUT2D eigenvalue weighted by molar-refractivity contribution is 0.196. The summed E-state index contributed by atoms with van der Waals surface area (Å²) in [4.78, 5) is 0. The van der Waals surface area contributed by atoms with Crippen LogP contribution in [0.1, 0.15) is 17.2 Å². The van der Waals surface area contributed by atoms with E-state index in [4.69, 9.17) is 0 Å². The Balaban J connectivity index is 3.06. The number of aliphatic hydroxyl groups is 1. The largest absolute Gasteiger partial charge is 0.386 e. The maximum atomic E-state index is 11.3. The van der Waals surface area contributed by atoms with E-state index in [-0.39, 0.29) is 0 Å². The molecule has 0 spiro atoms. The number of aryl methyl sites for hydroxylation is 1. The van der Waals surface area contributed by atoms with Gasteiger partial charge in [0.05, 0.1) is 0 Å². The van der Waals surface area contributed by atoms with Crippen molar-refractivity contribution in [3.63, 3.8) is 0 Å². The fourth-order valence-electron chi connectivity index (χ4n) is 1.29. The van der Waals surface area contributed by atoms with Crippen molar-refractivity contribution in [3.8, 4) is 0 Å². The van der Waals surface area contributed by atoms with E-state index < -0.39 is 19.2 Å². The van der Waals surface area contributed by atoms with Gasteiger partial charge in [-0.3, -0.25) is 0 Å². The summed E-state index contributed by atoms with van der Waals surface area (Å²) in [5.74, 6) is 0. The Morgan fingerprint density at radius 2 is 1.87 bits per heavy atom. The van der Waals surface area contributed by atoms with Crippen LogP contribution >= 0.6 is 22.6 Å². The van der Waals surface area contributed by atoms with Gasteiger partial charge in [0, 0.05) is 6.26 Å². The van der Waals surface area contributed by atoms with Gasteiger partial charge in [0.2, 0.25) is 0 Å². The third-order valence-electron chi connectivity index (χ3n) is 2.16. The lowest BCUT2D eigenvalue weighted by Crippen LogP contribution is -2.21. The third kappa shape index (κ3) is 3.15. The normalized spacial score (nSPS) is 16.0. The van der Waals surface area contributed by atoms with E-state index in [2.05, 4.69) is 0 Å². The van der Waals surface area contributed by atoms with Crippen LogP contribution in [0.25, 0.3) is 0 Å². The molecule has 0 bridgehead atoms. The number of rotatable bonds is 3. The van der Waals surface area contributed by atoms with E-state index in [1.807, 2.05) is 19.1 Å². The summed E-state index contributed by atoms with van der Waals surface area (Å²) in [5.41, 5.74) is 1.57. The number of alkyl halides is 1. The molecule has 0 aromatic heterocycles. The lowest BCUT2D eigenvalue weighted by atomic mass is 10.1. The maximum Gasteiger partial charge on any atom is 0.162 e. The topological polar surface area (TPSA) is 54.4 Å². The highest BCUT2D eigenvalue weighted by molar-refractivity contribution is 14.1. The summed E-state index contributed by atoms with van der Waals surface area (Å²) in [5, 5.41) is 9.92. The highest BCUT2D eigenvalue weighted by Gasteiger charge is 2.27. The van der Waals surface area contributed by atoms with Crippen molar-refractivity contribution in [1.82, 2.24) is 0 Å². The average Bonchev–Trinajstić information content (AvgIpc) is 2.15. The van der Waals surface area contributed by atoms with Gasteiger partial charge in [-0.05, 0) is 18.1 Å². The smallest absolute Gasteiger partial charge is 0.162 e. The zero-order chi connectivity index (χ0) is 11.6. The van der Waals surface area contributed by atoms with E-state index >= 15 is 0 Å². The molecule has 0 aliphatic heterocycles. The molecule has 5 heteroatoms. The Labute approximate surface area is 104 Å². The second-order valence-electron chi connectivity index (χ2n) is 3.48. The highest BCUT2D eigenvalue weighted by atomic mass is 127. The molecule has 2 atom stereocenters. The molecule has 0 heterocycles. The van der Waals surface area contributed by atoms with E-state index in [9.17, 15) is 13.5 Å². The molecule has 0 fully saturated rings. The Bertz CT molecular complexity index is 442. The fraction of sp³-hybridized carbons (Fsp3) is 0.400. The molecular weight excluding hydrogens is 327 g/mol. The molecule has 0 aliphatic carbocycles. The summed E-state index contributed by atoms with van der Waals surface area (Å²) in [6.45, 7) is 1.85. The van der Waals surface area contributed by atoms with Crippen molar-refractivity contribution >= 4 is 32.4 Å². The molecule has 1 aromatic carbocycles. The molecular formula is C10H13IO3S. The second-order valence-corrected chi connectivity index (χ2v) is 7.84. The second kappa shape index (κ2) is 4.80. The number of halogens is 1. The number of aliphatic hydroxyl groups excluding tert-OH is 1. The fourth-order valence-corrected chi connectivity index (χ4v) is 2.30. The van der Waals surface area contributed by atoms with Crippen LogP contribution in [0.4, 0.5) is 0 Å². The Kier molecular flexibility index (Phi) is 4.13. The molecule has 3 nitrogen and oxygen atoms in total. The van der Waals surface area contributed by atoms with Crippen molar-refractivity contribution in [2.75, 3.05) is 6.26 Å². The van der Waals surface area contributed by atoms with Crippen LogP contribution in [-0.4, -0.2) is 23.0 Å². The van der Waals surface area contributed by atoms with Gasteiger partial charge < -0.3 is 5.11 Å². The van der Waals surface area contributed by atoms with Gasteiger partial charge in [0.15, 0.2) is 9.84 Å². The van der Waals surface area contributed by atoms with Gasteiger partial charge in [-0.2, -0.15) is 0 Å². The predicted octanol–water partition coefficient (Wildman–Crippen LogP) is 1.83. The molecule has 0 radical (unpaired) electrons. The quantitative estimate of drug-likeness (QED) is 0.675. The van der Waals surface area contributed by atoms with E-state index in [1.165, 1.54) is 0 Å². The molecule has 0 saturated heterocycles. The van der Waals surface area contributed by atoms with Crippen LogP contribution in [0, 0.1) is 6.92 Å². The van der Waals surface area contributed by atoms with Crippen molar-refractivity contribution in [1.29, 1.82) is 0 Å². The van der Waals surface area contributed by atoms with Gasteiger partial charge in [0.25, 0.3) is 0 Å². The summed E-state index contributed by atoms with van der Waals surface area (Å²) >= 11 is 1.76. The first kappa shape index (κ1) is 12.9. The first-order valence-corrected chi connectivity index (χ1v) is 7.60. The van der Waals surface area contributed by atoms with Crippen LogP contribution in [-0.2, 0) is 9.84 Å². The summed E-state index contributed by atoms with van der Waals surface area (Å²) in [7, 11) is -3.23. The molecule has 0 aliphatic rings. The van der Waals surface area contributed by atoms with Crippen LogP contribution in [0.15, 0.2) is 24.3 Å². The number of hydrogen-bond acceptors (Lipinski definition) is 3. The van der Waals surface area contributed by atoms with Crippen LogP contribution in [0.5, 0.6) is 0 Å². The monoisotopic (exact) mass is 340 g/mol. The zero-order valence-electron chi connectivity index (χ0n) is 8.51. The SMILES string of the molecule is Cc1ccccc1C(O)C(I)S(C)(=O)=O. The van der Waals surface area contributed by atoms with Crippen LogP contribution in [0.2, 0.25) is 0 Å². The van der Waals surface area contributed by atoms with Crippen molar-refractivity contribution in [2.45, 2.75) is 16.3 Å². The third-order valence-corrected chi connectivity index (χ3v) is 6.69. The van der Waals surface area contributed by atoms with Gasteiger partial charge in [0.1, 0.15) is 9.36 Å². The summed E-state index contributed by atoms with van der Waals surface area (Å²) in [6.07, 6.45) is 0.160. The molecule has 1 N–H and O–H groups in total. The molecule has 0 amide bonds. The van der Waals surface area contributed by atoms with Crippen molar-refractivity contribution in [3.05, 3.63) is 35.4 Å². The number of hydrogen-bond donors (Lipinski definition) is 1. The minimum Gasteiger partial charge on any atom is -0.386 e. The van der Waals surface area contributed by atoms with E-state index in [0.29, 0.717) is 5.56 Å². The molecule has 0 saturated carbocycles. The predicted molar refractivity (Wildman–Crippen MR) is 68.8 cm³/mol. The van der Waals surface area contributed by atoms with Crippen LogP contribution < -0.4 is 0 Å². The standard InChI is InChI=1S/C10H13IO3S/c1-7-5-3-4-6-8(7)9(12)10(11)15(2,13)14/h3-6,9-10,12H,1-2H3. The Morgan fingerprint density at radius 1 is 1.33 bits per heavy atom. The molecule has 2 unspecified atom stereocenters. The molecule has 15 heavy (non-hydrogen) atoms. The van der Waals surface area contributed by atoms with Gasteiger partial charge in [-0.25, -0.2) is 8.42 Å². The first-order valence-electron chi connectivity index (χ1n) is 4.40. The summed E-state index contributed by atoms with van der Waals surface area (Å²) in [6, 6.07) is 7.24. The van der Waals surface area contributed by atoms with E-state index in [1.54, 1.807) is 34.7 Å². The minimum absolute atomic E-state index is 0.669. The average molecular weight is 340 g/mol. The highest BCUT2D eigenvalue weighted by Crippen LogP contribution is 2.28. The number of sulfone groups is 1.